The van der Waals surface area contributed by atoms with E-state index in [1.54, 1.807) is 24.3 Å². The van der Waals surface area contributed by atoms with E-state index in [0.29, 0.717) is 33.0 Å². The topological polar surface area (TPSA) is 102 Å². The molecule has 0 aliphatic heterocycles. The van der Waals surface area contributed by atoms with Crippen molar-refractivity contribution in [2.45, 2.75) is 6.54 Å². The first kappa shape index (κ1) is 19.9. The van der Waals surface area contributed by atoms with Crippen LogP contribution in [0.1, 0.15) is 15.9 Å². The second-order valence-electron chi connectivity index (χ2n) is 6.01. The highest BCUT2D eigenvalue weighted by molar-refractivity contribution is 6.39. The summed E-state index contributed by atoms with van der Waals surface area (Å²) < 4.78 is 5.59. The van der Waals surface area contributed by atoms with Gasteiger partial charge < -0.3 is 20.9 Å². The quantitative estimate of drug-likeness (QED) is 0.552. The zero-order valence-corrected chi connectivity index (χ0v) is 16.1. The zero-order valence-electron chi connectivity index (χ0n) is 14.5. The lowest BCUT2D eigenvalue weighted by atomic mass is 10.1. The van der Waals surface area contributed by atoms with Gasteiger partial charge in [0.2, 0.25) is 0 Å². The van der Waals surface area contributed by atoms with Crippen LogP contribution >= 0.6 is 23.2 Å². The molecule has 8 heteroatoms. The minimum atomic E-state index is -1.13. The average molecular weight is 419 g/mol. The molecule has 0 aliphatic rings. The van der Waals surface area contributed by atoms with Crippen molar-refractivity contribution in [2.24, 2.45) is 5.73 Å². The number of carbonyl (C=O) groups is 2. The van der Waals surface area contributed by atoms with E-state index in [9.17, 15) is 14.7 Å². The van der Waals surface area contributed by atoms with E-state index in [1.807, 2.05) is 6.07 Å². The van der Waals surface area contributed by atoms with Crippen LogP contribution in [0.4, 0.5) is 5.69 Å². The maximum absolute atomic E-state index is 12.2. The minimum absolute atomic E-state index is 0.00288. The third-order valence-electron chi connectivity index (χ3n) is 3.98. The van der Waals surface area contributed by atoms with Crippen LogP contribution in [-0.2, 0) is 11.3 Å². The summed E-state index contributed by atoms with van der Waals surface area (Å²) in [6.07, 6.45) is 0. The SMILES string of the molecule is NCc1cccc(NC(=O)COc2cc(C(=O)O)cc3cc(Cl)cc(Cl)c23)c1. The van der Waals surface area contributed by atoms with Crippen LogP contribution in [0.15, 0.2) is 48.5 Å². The van der Waals surface area contributed by atoms with Gasteiger partial charge >= 0.3 is 5.97 Å². The molecule has 1 amide bonds. The van der Waals surface area contributed by atoms with Crippen molar-refractivity contribution in [1.82, 2.24) is 0 Å². The second kappa shape index (κ2) is 8.48. The maximum Gasteiger partial charge on any atom is 0.335 e. The molecular formula is C20H16Cl2N2O4. The third-order valence-corrected chi connectivity index (χ3v) is 4.50. The first-order valence-electron chi connectivity index (χ1n) is 8.25. The monoisotopic (exact) mass is 418 g/mol. The molecule has 0 aliphatic carbocycles. The van der Waals surface area contributed by atoms with Gasteiger partial charge in [0.15, 0.2) is 6.61 Å². The number of hydrogen-bond acceptors (Lipinski definition) is 4. The second-order valence-corrected chi connectivity index (χ2v) is 6.85. The van der Waals surface area contributed by atoms with E-state index < -0.39 is 11.9 Å². The van der Waals surface area contributed by atoms with E-state index in [4.69, 9.17) is 33.7 Å². The summed E-state index contributed by atoms with van der Waals surface area (Å²) in [5, 5.41) is 13.7. The molecule has 3 rings (SSSR count). The van der Waals surface area contributed by atoms with Gasteiger partial charge in [-0.05, 0) is 47.3 Å². The van der Waals surface area contributed by atoms with Gasteiger partial charge in [0.1, 0.15) is 5.75 Å². The number of anilines is 1. The number of rotatable bonds is 6. The average Bonchev–Trinajstić information content (AvgIpc) is 2.65. The Morgan fingerprint density at radius 1 is 1.11 bits per heavy atom. The number of nitrogens with two attached hydrogens (primary N) is 1. The predicted molar refractivity (Wildman–Crippen MR) is 109 cm³/mol. The van der Waals surface area contributed by atoms with Crippen molar-refractivity contribution >= 4 is 51.5 Å². The number of aromatic carboxylic acids is 1. The molecule has 0 saturated heterocycles. The van der Waals surface area contributed by atoms with E-state index in [1.165, 1.54) is 18.2 Å². The number of amides is 1. The van der Waals surface area contributed by atoms with E-state index in [0.717, 1.165) is 5.56 Å². The third kappa shape index (κ3) is 4.54. The summed E-state index contributed by atoms with van der Waals surface area (Å²) in [5.41, 5.74) is 7.06. The Hall–Kier alpha value is -2.80. The predicted octanol–water partition coefficient (Wildman–Crippen LogP) is 4.32. The molecule has 3 aromatic rings. The molecule has 0 heterocycles. The Morgan fingerprint density at radius 3 is 2.61 bits per heavy atom. The van der Waals surface area contributed by atoms with E-state index in [-0.39, 0.29) is 17.9 Å². The summed E-state index contributed by atoms with van der Waals surface area (Å²) in [7, 11) is 0. The van der Waals surface area contributed by atoms with Crippen molar-refractivity contribution in [3.05, 3.63) is 69.7 Å². The lowest BCUT2D eigenvalue weighted by Crippen LogP contribution is -2.20. The number of carboxylic acids is 1. The fourth-order valence-electron chi connectivity index (χ4n) is 2.74. The van der Waals surface area contributed by atoms with Crippen molar-refractivity contribution < 1.29 is 19.4 Å². The molecule has 0 bridgehead atoms. The highest BCUT2D eigenvalue weighted by atomic mass is 35.5. The Morgan fingerprint density at radius 2 is 1.89 bits per heavy atom. The number of hydrogen-bond donors (Lipinski definition) is 3. The van der Waals surface area contributed by atoms with Crippen molar-refractivity contribution in [2.75, 3.05) is 11.9 Å². The van der Waals surface area contributed by atoms with Gasteiger partial charge in [-0.25, -0.2) is 4.79 Å². The summed E-state index contributed by atoms with van der Waals surface area (Å²) in [5.74, 6) is -1.36. The number of carbonyl (C=O) groups excluding carboxylic acids is 1. The standard InChI is InChI=1S/C20H16Cl2N2O4/c21-14-6-12-5-13(20(26)27)7-17(19(12)16(22)8-14)28-10-18(25)24-15-3-1-2-11(4-15)9-23/h1-8H,9-10,23H2,(H,24,25)(H,26,27). The lowest BCUT2D eigenvalue weighted by Gasteiger charge is -2.13. The zero-order chi connectivity index (χ0) is 20.3. The van der Waals surface area contributed by atoms with Crippen LogP contribution in [-0.4, -0.2) is 23.6 Å². The molecule has 0 unspecified atom stereocenters. The summed E-state index contributed by atoms with van der Waals surface area (Å²) in [4.78, 5) is 23.6. The Bertz CT molecular complexity index is 1070. The molecule has 6 nitrogen and oxygen atoms in total. The van der Waals surface area contributed by atoms with E-state index >= 15 is 0 Å². The minimum Gasteiger partial charge on any atom is -0.483 e. The Balaban J connectivity index is 1.84. The normalized spacial score (nSPS) is 10.7. The molecule has 0 radical (unpaired) electrons. The van der Waals surface area contributed by atoms with Gasteiger partial charge in [-0.2, -0.15) is 0 Å². The van der Waals surface area contributed by atoms with Crippen LogP contribution in [0, 0.1) is 0 Å². The first-order valence-corrected chi connectivity index (χ1v) is 9.00. The molecule has 144 valence electrons. The molecule has 0 atom stereocenters. The molecule has 0 aromatic heterocycles. The summed E-state index contributed by atoms with van der Waals surface area (Å²) in [6, 6.07) is 13.0. The van der Waals surface area contributed by atoms with Crippen LogP contribution in [0.3, 0.4) is 0 Å². The number of halogens is 2. The number of carboxylic acid groups (broad SMARTS) is 1. The lowest BCUT2D eigenvalue weighted by molar-refractivity contribution is -0.118. The fourth-order valence-corrected chi connectivity index (χ4v) is 3.35. The van der Waals surface area contributed by atoms with Crippen molar-refractivity contribution in [1.29, 1.82) is 0 Å². The Labute approximate surface area is 170 Å². The van der Waals surface area contributed by atoms with Crippen LogP contribution < -0.4 is 15.8 Å². The van der Waals surface area contributed by atoms with Crippen LogP contribution in [0.5, 0.6) is 5.75 Å². The van der Waals surface area contributed by atoms with Gasteiger partial charge in [-0.3, -0.25) is 4.79 Å². The number of fused-ring (bicyclic) bond motifs is 1. The molecular weight excluding hydrogens is 403 g/mol. The Kier molecular flexibility index (Phi) is 6.04. The van der Waals surface area contributed by atoms with Crippen molar-refractivity contribution in [3.8, 4) is 5.75 Å². The molecule has 0 saturated carbocycles. The van der Waals surface area contributed by atoms with Gasteiger partial charge in [-0.15, -0.1) is 0 Å². The van der Waals surface area contributed by atoms with Gasteiger partial charge in [0.05, 0.1) is 10.6 Å². The van der Waals surface area contributed by atoms with Crippen LogP contribution in [0.2, 0.25) is 10.0 Å². The molecule has 0 spiro atoms. The number of nitrogens with one attached hydrogen (secondary N) is 1. The van der Waals surface area contributed by atoms with E-state index in [2.05, 4.69) is 5.32 Å². The molecule has 4 N–H and O–H groups in total. The first-order chi connectivity index (χ1) is 13.4. The van der Waals surface area contributed by atoms with Gasteiger partial charge in [0, 0.05) is 22.6 Å². The maximum atomic E-state index is 12.2. The highest BCUT2D eigenvalue weighted by Crippen LogP contribution is 2.36. The van der Waals surface area contributed by atoms with Gasteiger partial charge in [-0.1, -0.05) is 35.3 Å². The largest absolute Gasteiger partial charge is 0.483 e. The van der Waals surface area contributed by atoms with Crippen molar-refractivity contribution in [3.63, 3.8) is 0 Å². The van der Waals surface area contributed by atoms with Gasteiger partial charge in [0.25, 0.3) is 5.91 Å². The van der Waals surface area contributed by atoms with Crippen LogP contribution in [0.25, 0.3) is 10.8 Å². The smallest absolute Gasteiger partial charge is 0.335 e. The molecule has 0 fully saturated rings. The summed E-state index contributed by atoms with van der Waals surface area (Å²) >= 11 is 12.3. The molecule has 28 heavy (non-hydrogen) atoms. The number of benzene rings is 3. The highest BCUT2D eigenvalue weighted by Gasteiger charge is 2.15. The molecule has 3 aromatic carbocycles. The fraction of sp³-hybridized carbons (Fsp3) is 0.100. The number of ether oxygens (including phenoxy) is 1. The summed E-state index contributed by atoms with van der Waals surface area (Å²) in [6.45, 7) is 0.0270.